The van der Waals surface area contributed by atoms with Gasteiger partial charge in [0, 0.05) is 16.7 Å². The van der Waals surface area contributed by atoms with Crippen molar-refractivity contribution < 1.29 is 18.6 Å². The maximum Gasteiger partial charge on any atom is 0.200 e. The van der Waals surface area contributed by atoms with Crippen molar-refractivity contribution in [2.75, 3.05) is 7.11 Å². The van der Waals surface area contributed by atoms with Crippen LogP contribution < -0.4 is 4.74 Å². The van der Waals surface area contributed by atoms with Crippen LogP contribution in [0.5, 0.6) is 11.5 Å². The number of hydrogen-bond acceptors (Lipinski definition) is 3. The molecule has 6 heteroatoms. The molecule has 1 heterocycles. The predicted octanol–water partition coefficient (Wildman–Crippen LogP) is 5.79. The molecule has 0 atom stereocenters. The average molecular weight is 362 g/mol. The monoisotopic (exact) mass is 362 g/mol. The fraction of sp³-hybridized carbons (Fsp3) is 0.250. The summed E-state index contributed by atoms with van der Waals surface area (Å²) in [5, 5.41) is 15.9. The smallest absolute Gasteiger partial charge is 0.200 e. The zero-order valence-corrected chi connectivity index (χ0v) is 15.6. The largest absolute Gasteiger partial charge is 0.505 e. The number of methoxy groups -OCH3 is 1. The van der Waals surface area contributed by atoms with Gasteiger partial charge in [0.15, 0.2) is 11.6 Å². The molecule has 0 spiro atoms. The Bertz CT molecular complexity index is 815. The molecule has 2 N–H and O–H groups in total. The van der Waals surface area contributed by atoms with Crippen molar-refractivity contribution in [1.29, 1.82) is 0 Å². The molecule has 0 saturated carbocycles. The second kappa shape index (κ2) is 10.2. The minimum Gasteiger partial charge on any atom is -0.505 e. The normalized spacial score (nSPS) is 9.50. The van der Waals surface area contributed by atoms with Crippen LogP contribution in [0, 0.1) is 11.6 Å². The molecule has 140 valence electrons. The Balaban J connectivity index is 0.000000791. The van der Waals surface area contributed by atoms with Gasteiger partial charge in [0.2, 0.25) is 5.82 Å². The van der Waals surface area contributed by atoms with E-state index >= 15 is 0 Å². The van der Waals surface area contributed by atoms with Gasteiger partial charge < -0.3 is 9.84 Å². The molecule has 0 aliphatic rings. The number of aromatic amines is 1. The van der Waals surface area contributed by atoms with Gasteiger partial charge in [-0.05, 0) is 36.4 Å². The number of ether oxygens (including phenoxy) is 1. The van der Waals surface area contributed by atoms with Gasteiger partial charge in [-0.25, -0.2) is 4.39 Å². The molecule has 0 unspecified atom stereocenters. The first kappa shape index (κ1) is 21.2. The van der Waals surface area contributed by atoms with Crippen LogP contribution in [0.15, 0.2) is 42.6 Å². The summed E-state index contributed by atoms with van der Waals surface area (Å²) < 4.78 is 32.7. The lowest BCUT2D eigenvalue weighted by molar-refractivity contribution is 0.408. The Hall–Kier alpha value is -2.89. The second-order valence-electron chi connectivity index (χ2n) is 4.65. The van der Waals surface area contributed by atoms with Crippen LogP contribution in [0.4, 0.5) is 8.78 Å². The maximum absolute atomic E-state index is 14.0. The quantitative estimate of drug-likeness (QED) is 0.620. The standard InChI is InChI=1S/C16H12F2N2O2.2C2H6/c1-22-10-4-2-9(3-5-10)16-12(8-19-20-16)11-6-7-13(21)15(18)14(11)17;2*1-2/h2-8,21H,1H3,(H,19,20);2*1-2H3. The summed E-state index contributed by atoms with van der Waals surface area (Å²) in [5.74, 6) is -2.43. The minimum atomic E-state index is -1.28. The van der Waals surface area contributed by atoms with Crippen molar-refractivity contribution in [3.8, 4) is 33.9 Å². The third-order valence-corrected chi connectivity index (χ3v) is 3.37. The van der Waals surface area contributed by atoms with Gasteiger partial charge in [-0.1, -0.05) is 27.7 Å². The summed E-state index contributed by atoms with van der Waals surface area (Å²) in [6.45, 7) is 8.00. The number of phenolic OH excluding ortho intramolecular Hbond substituents is 1. The van der Waals surface area contributed by atoms with Crippen LogP contribution in [-0.2, 0) is 0 Å². The zero-order chi connectivity index (χ0) is 19.7. The van der Waals surface area contributed by atoms with Crippen molar-refractivity contribution in [2.45, 2.75) is 27.7 Å². The number of aromatic hydroxyl groups is 1. The highest BCUT2D eigenvalue weighted by molar-refractivity contribution is 5.81. The summed E-state index contributed by atoms with van der Waals surface area (Å²) >= 11 is 0. The second-order valence-corrected chi connectivity index (χ2v) is 4.65. The van der Waals surface area contributed by atoms with Crippen LogP contribution in [0.2, 0.25) is 0 Å². The Morgan fingerprint density at radius 1 is 0.885 bits per heavy atom. The molecule has 26 heavy (non-hydrogen) atoms. The Morgan fingerprint density at radius 2 is 1.50 bits per heavy atom. The van der Waals surface area contributed by atoms with E-state index < -0.39 is 17.4 Å². The fourth-order valence-corrected chi connectivity index (χ4v) is 2.22. The molecule has 0 amide bonds. The van der Waals surface area contributed by atoms with E-state index in [0.717, 1.165) is 11.6 Å². The maximum atomic E-state index is 14.0. The van der Waals surface area contributed by atoms with Crippen LogP contribution in [-0.4, -0.2) is 22.4 Å². The van der Waals surface area contributed by atoms with Gasteiger partial charge in [-0.2, -0.15) is 9.49 Å². The van der Waals surface area contributed by atoms with E-state index in [1.54, 1.807) is 31.4 Å². The van der Waals surface area contributed by atoms with Crippen LogP contribution in [0.3, 0.4) is 0 Å². The third kappa shape index (κ3) is 4.39. The number of nitrogens with one attached hydrogen (secondary N) is 1. The topological polar surface area (TPSA) is 58.1 Å². The van der Waals surface area contributed by atoms with Gasteiger partial charge in [0.1, 0.15) is 5.75 Å². The van der Waals surface area contributed by atoms with Crippen LogP contribution in [0.25, 0.3) is 22.4 Å². The van der Waals surface area contributed by atoms with Crippen molar-refractivity contribution in [1.82, 2.24) is 10.2 Å². The molecule has 1 aromatic heterocycles. The molecule has 2 aromatic carbocycles. The highest BCUT2D eigenvalue weighted by Gasteiger charge is 2.18. The summed E-state index contributed by atoms with van der Waals surface area (Å²) in [5.41, 5.74) is 1.73. The fourth-order valence-electron chi connectivity index (χ4n) is 2.22. The van der Waals surface area contributed by atoms with E-state index in [1.165, 1.54) is 12.3 Å². The van der Waals surface area contributed by atoms with Crippen LogP contribution in [0.1, 0.15) is 27.7 Å². The van der Waals surface area contributed by atoms with E-state index in [9.17, 15) is 13.9 Å². The van der Waals surface area contributed by atoms with E-state index in [1.807, 2.05) is 27.7 Å². The third-order valence-electron chi connectivity index (χ3n) is 3.37. The Morgan fingerprint density at radius 3 is 2.08 bits per heavy atom. The first-order valence-corrected chi connectivity index (χ1v) is 8.47. The number of halogens is 2. The summed E-state index contributed by atoms with van der Waals surface area (Å²) in [7, 11) is 1.56. The molecule has 3 aromatic rings. The molecule has 0 radical (unpaired) electrons. The van der Waals surface area contributed by atoms with Gasteiger partial charge in [0.05, 0.1) is 19.0 Å². The SMILES string of the molecule is CC.CC.COc1ccc(-c2[nH]ncc2-c2ccc(O)c(F)c2F)cc1. The molecule has 4 nitrogen and oxygen atoms in total. The molecule has 3 rings (SSSR count). The van der Waals surface area contributed by atoms with E-state index in [2.05, 4.69) is 10.2 Å². The van der Waals surface area contributed by atoms with Crippen molar-refractivity contribution in [2.24, 2.45) is 0 Å². The Kier molecular flexibility index (Phi) is 8.28. The van der Waals surface area contributed by atoms with Gasteiger partial charge in [0.25, 0.3) is 0 Å². The molecule has 0 fully saturated rings. The zero-order valence-electron chi connectivity index (χ0n) is 15.6. The first-order valence-electron chi connectivity index (χ1n) is 8.47. The molecule has 0 aliphatic carbocycles. The van der Waals surface area contributed by atoms with Crippen molar-refractivity contribution in [3.05, 3.63) is 54.2 Å². The van der Waals surface area contributed by atoms with Crippen molar-refractivity contribution in [3.63, 3.8) is 0 Å². The molecule has 0 bridgehead atoms. The minimum absolute atomic E-state index is 0.0230. The lowest BCUT2D eigenvalue weighted by Gasteiger charge is -2.07. The molecule has 0 saturated heterocycles. The number of nitrogens with zero attached hydrogens (tertiary/aromatic N) is 1. The Labute approximate surface area is 152 Å². The number of H-pyrrole nitrogens is 1. The summed E-state index contributed by atoms with van der Waals surface area (Å²) in [4.78, 5) is 0. The lowest BCUT2D eigenvalue weighted by Crippen LogP contribution is -1.91. The lowest BCUT2D eigenvalue weighted by atomic mass is 10.0. The highest BCUT2D eigenvalue weighted by atomic mass is 19.2. The number of hydrogen-bond donors (Lipinski definition) is 2. The average Bonchev–Trinajstić information content (AvgIpc) is 3.19. The predicted molar refractivity (Wildman–Crippen MR) is 100 cm³/mol. The number of benzene rings is 2. The molecular weight excluding hydrogens is 338 g/mol. The highest BCUT2D eigenvalue weighted by Crippen LogP contribution is 2.35. The van der Waals surface area contributed by atoms with Crippen molar-refractivity contribution >= 4 is 0 Å². The number of phenols is 1. The first-order chi connectivity index (χ1) is 12.6. The van der Waals surface area contributed by atoms with Crippen LogP contribution >= 0.6 is 0 Å². The molecular formula is C20H24F2N2O2. The molecule has 0 aliphatic heterocycles. The number of rotatable bonds is 3. The van der Waals surface area contributed by atoms with Gasteiger partial charge >= 0.3 is 0 Å². The van der Waals surface area contributed by atoms with Gasteiger partial charge in [-0.3, -0.25) is 5.10 Å². The van der Waals surface area contributed by atoms with E-state index in [4.69, 9.17) is 4.74 Å². The summed E-state index contributed by atoms with van der Waals surface area (Å²) in [6, 6.07) is 9.50. The number of aromatic nitrogens is 2. The van der Waals surface area contributed by atoms with E-state index in [-0.39, 0.29) is 5.56 Å². The van der Waals surface area contributed by atoms with Gasteiger partial charge in [-0.15, -0.1) is 0 Å². The van der Waals surface area contributed by atoms with E-state index in [0.29, 0.717) is 17.0 Å². The summed E-state index contributed by atoms with van der Waals surface area (Å²) in [6.07, 6.45) is 1.41.